The summed E-state index contributed by atoms with van der Waals surface area (Å²) in [4.78, 5) is 4.21. The summed E-state index contributed by atoms with van der Waals surface area (Å²) in [6.07, 6.45) is 1.83. The highest BCUT2D eigenvalue weighted by Crippen LogP contribution is 2.14. The van der Waals surface area contributed by atoms with Crippen LogP contribution in [0.15, 0.2) is 36.5 Å². The summed E-state index contributed by atoms with van der Waals surface area (Å²) in [5.41, 5.74) is 3.78. The maximum atomic E-state index is 13.2. The Bertz CT molecular complexity index is 486. The van der Waals surface area contributed by atoms with Gasteiger partial charge in [0.05, 0.1) is 0 Å². The molecule has 0 aliphatic rings. The monoisotopic (exact) mass is 230 g/mol. The third-order valence-electron chi connectivity index (χ3n) is 2.51. The predicted octanol–water partition coefficient (Wildman–Crippen LogP) is 3.45. The molecule has 0 aliphatic heterocycles. The van der Waals surface area contributed by atoms with Gasteiger partial charge in [-0.3, -0.25) is 4.98 Å². The first kappa shape index (κ1) is 11.6. The number of nitrogens with zero attached hydrogens (tertiary/aromatic N) is 1. The Hall–Kier alpha value is -1.90. The topological polar surface area (TPSA) is 24.9 Å². The van der Waals surface area contributed by atoms with Gasteiger partial charge in [-0.2, -0.15) is 0 Å². The van der Waals surface area contributed by atoms with Gasteiger partial charge in [-0.25, -0.2) is 4.39 Å². The van der Waals surface area contributed by atoms with Gasteiger partial charge in [0.15, 0.2) is 0 Å². The number of hydrogen-bond acceptors (Lipinski definition) is 2. The van der Waals surface area contributed by atoms with Crippen molar-refractivity contribution in [1.82, 2.24) is 4.98 Å². The molecule has 17 heavy (non-hydrogen) atoms. The first-order chi connectivity index (χ1) is 8.13. The van der Waals surface area contributed by atoms with E-state index >= 15 is 0 Å². The highest BCUT2D eigenvalue weighted by molar-refractivity contribution is 5.46. The molecule has 0 fully saturated rings. The van der Waals surface area contributed by atoms with Crippen molar-refractivity contribution in [3.05, 3.63) is 59.2 Å². The molecule has 0 aliphatic carbocycles. The standard InChI is InChI=1S/C14H15FN2/c1-10-5-13(15)7-14(6-10)17-9-12-4-3-11(2)16-8-12/h3-8,17H,9H2,1-2H3. The van der Waals surface area contributed by atoms with Crippen LogP contribution in [-0.4, -0.2) is 4.98 Å². The second kappa shape index (κ2) is 4.95. The number of pyridine rings is 1. The van der Waals surface area contributed by atoms with E-state index in [1.165, 1.54) is 12.1 Å². The Kier molecular flexibility index (Phi) is 3.38. The van der Waals surface area contributed by atoms with Crippen molar-refractivity contribution in [1.29, 1.82) is 0 Å². The lowest BCUT2D eigenvalue weighted by atomic mass is 10.2. The fraction of sp³-hybridized carbons (Fsp3) is 0.214. The van der Waals surface area contributed by atoms with Gasteiger partial charge in [0.25, 0.3) is 0 Å². The van der Waals surface area contributed by atoms with E-state index in [1.54, 1.807) is 0 Å². The fourth-order valence-electron chi connectivity index (χ4n) is 1.65. The van der Waals surface area contributed by atoms with Crippen molar-refractivity contribution in [3.63, 3.8) is 0 Å². The number of nitrogens with one attached hydrogen (secondary N) is 1. The van der Waals surface area contributed by atoms with Crippen LogP contribution in [-0.2, 0) is 6.54 Å². The first-order valence-corrected chi connectivity index (χ1v) is 5.56. The Morgan fingerprint density at radius 3 is 2.65 bits per heavy atom. The van der Waals surface area contributed by atoms with Gasteiger partial charge in [0.2, 0.25) is 0 Å². The molecule has 0 spiro atoms. The number of aryl methyl sites for hydroxylation is 2. The van der Waals surface area contributed by atoms with E-state index in [9.17, 15) is 4.39 Å². The molecule has 88 valence electrons. The fourth-order valence-corrected chi connectivity index (χ4v) is 1.65. The van der Waals surface area contributed by atoms with Crippen LogP contribution in [0.5, 0.6) is 0 Å². The van der Waals surface area contributed by atoms with Gasteiger partial charge in [-0.15, -0.1) is 0 Å². The molecule has 1 N–H and O–H groups in total. The zero-order valence-electron chi connectivity index (χ0n) is 10.00. The lowest BCUT2D eigenvalue weighted by molar-refractivity contribution is 0.627. The zero-order valence-corrected chi connectivity index (χ0v) is 10.00. The number of aromatic nitrogens is 1. The van der Waals surface area contributed by atoms with E-state index in [2.05, 4.69) is 10.3 Å². The molecular weight excluding hydrogens is 215 g/mol. The van der Waals surface area contributed by atoms with Crippen LogP contribution in [0.1, 0.15) is 16.8 Å². The lowest BCUT2D eigenvalue weighted by Crippen LogP contribution is -2.00. The average molecular weight is 230 g/mol. The van der Waals surface area contributed by atoms with E-state index in [1.807, 2.05) is 38.2 Å². The Balaban J connectivity index is 2.04. The highest BCUT2D eigenvalue weighted by atomic mass is 19.1. The summed E-state index contributed by atoms with van der Waals surface area (Å²) >= 11 is 0. The van der Waals surface area contributed by atoms with Crippen LogP contribution in [0.3, 0.4) is 0 Å². The van der Waals surface area contributed by atoms with Crippen LogP contribution in [0, 0.1) is 19.7 Å². The number of benzene rings is 1. The summed E-state index contributed by atoms with van der Waals surface area (Å²) in [6.45, 7) is 4.48. The molecule has 0 bridgehead atoms. The Morgan fingerprint density at radius 2 is 2.00 bits per heavy atom. The van der Waals surface area contributed by atoms with E-state index in [0.29, 0.717) is 6.54 Å². The molecule has 0 saturated heterocycles. The molecule has 0 amide bonds. The van der Waals surface area contributed by atoms with Crippen LogP contribution < -0.4 is 5.32 Å². The van der Waals surface area contributed by atoms with Gasteiger partial charge >= 0.3 is 0 Å². The summed E-state index contributed by atoms with van der Waals surface area (Å²) in [7, 11) is 0. The van der Waals surface area contributed by atoms with Gasteiger partial charge in [0, 0.05) is 24.1 Å². The molecule has 0 saturated carbocycles. The number of halogens is 1. The zero-order chi connectivity index (χ0) is 12.3. The van der Waals surface area contributed by atoms with Crippen LogP contribution >= 0.6 is 0 Å². The first-order valence-electron chi connectivity index (χ1n) is 5.56. The van der Waals surface area contributed by atoms with Crippen LogP contribution in [0.2, 0.25) is 0 Å². The Labute approximate surface area is 101 Å². The molecule has 1 aromatic heterocycles. The van der Waals surface area contributed by atoms with Gasteiger partial charge < -0.3 is 5.32 Å². The summed E-state index contributed by atoms with van der Waals surface area (Å²) in [5.74, 6) is -0.213. The maximum Gasteiger partial charge on any atom is 0.125 e. The molecule has 1 aromatic carbocycles. The van der Waals surface area contributed by atoms with Crippen molar-refractivity contribution < 1.29 is 4.39 Å². The third kappa shape index (κ3) is 3.28. The van der Waals surface area contributed by atoms with E-state index < -0.39 is 0 Å². The minimum absolute atomic E-state index is 0.213. The molecule has 2 aromatic rings. The van der Waals surface area contributed by atoms with Crippen molar-refractivity contribution in [2.45, 2.75) is 20.4 Å². The lowest BCUT2D eigenvalue weighted by Gasteiger charge is -2.07. The molecule has 2 rings (SSSR count). The van der Waals surface area contributed by atoms with Crippen molar-refractivity contribution >= 4 is 5.69 Å². The number of hydrogen-bond donors (Lipinski definition) is 1. The summed E-state index contributed by atoms with van der Waals surface area (Å²) in [6, 6.07) is 8.91. The van der Waals surface area contributed by atoms with Gasteiger partial charge in [0.1, 0.15) is 5.82 Å². The molecule has 1 heterocycles. The van der Waals surface area contributed by atoms with Crippen molar-refractivity contribution in [2.75, 3.05) is 5.32 Å². The summed E-state index contributed by atoms with van der Waals surface area (Å²) in [5, 5.41) is 3.18. The van der Waals surface area contributed by atoms with Gasteiger partial charge in [-0.1, -0.05) is 6.07 Å². The van der Waals surface area contributed by atoms with Crippen molar-refractivity contribution in [3.8, 4) is 0 Å². The third-order valence-corrected chi connectivity index (χ3v) is 2.51. The Morgan fingerprint density at radius 1 is 1.18 bits per heavy atom. The highest BCUT2D eigenvalue weighted by Gasteiger charge is 1.98. The molecule has 0 radical (unpaired) electrons. The van der Waals surface area contributed by atoms with Crippen molar-refractivity contribution in [2.24, 2.45) is 0 Å². The second-order valence-electron chi connectivity index (χ2n) is 4.18. The van der Waals surface area contributed by atoms with E-state index in [0.717, 1.165) is 22.5 Å². The van der Waals surface area contributed by atoms with Crippen LogP contribution in [0.25, 0.3) is 0 Å². The van der Waals surface area contributed by atoms with Crippen LogP contribution in [0.4, 0.5) is 10.1 Å². The maximum absolute atomic E-state index is 13.2. The smallest absolute Gasteiger partial charge is 0.125 e. The molecule has 2 nitrogen and oxygen atoms in total. The van der Waals surface area contributed by atoms with E-state index in [4.69, 9.17) is 0 Å². The number of anilines is 1. The largest absolute Gasteiger partial charge is 0.381 e. The molecular formula is C14H15FN2. The molecule has 0 atom stereocenters. The normalized spacial score (nSPS) is 10.3. The molecule has 0 unspecified atom stereocenters. The minimum Gasteiger partial charge on any atom is -0.381 e. The quantitative estimate of drug-likeness (QED) is 0.873. The SMILES string of the molecule is Cc1cc(F)cc(NCc2ccc(C)nc2)c1. The average Bonchev–Trinajstić information content (AvgIpc) is 2.27. The number of rotatable bonds is 3. The van der Waals surface area contributed by atoms with Gasteiger partial charge in [-0.05, 0) is 49.2 Å². The predicted molar refractivity (Wildman–Crippen MR) is 67.4 cm³/mol. The second-order valence-corrected chi connectivity index (χ2v) is 4.18. The minimum atomic E-state index is -0.213. The van der Waals surface area contributed by atoms with E-state index in [-0.39, 0.29) is 5.82 Å². The molecule has 3 heteroatoms. The summed E-state index contributed by atoms with van der Waals surface area (Å²) < 4.78 is 13.2.